The summed E-state index contributed by atoms with van der Waals surface area (Å²) in [5.74, 6) is 0. The van der Waals surface area contributed by atoms with Crippen molar-refractivity contribution >= 4 is 66.8 Å². The molecule has 2 aromatic heterocycles. The van der Waals surface area contributed by atoms with Gasteiger partial charge in [-0.2, -0.15) is 0 Å². The van der Waals surface area contributed by atoms with Gasteiger partial charge in [-0.1, -0.05) is 115 Å². The second-order valence-electron chi connectivity index (χ2n) is 12.3. The number of hydrogen-bond donors (Lipinski definition) is 0. The number of fused-ring (bicyclic) bond motifs is 8. The molecule has 2 heterocycles. The quantitative estimate of drug-likeness (QED) is 0.205. The number of furan rings is 2. The monoisotopic (exact) mass is 588 g/mol. The van der Waals surface area contributed by atoms with E-state index in [4.69, 9.17) is 8.83 Å². The number of para-hydroxylation sites is 1. The van der Waals surface area contributed by atoms with Crippen LogP contribution in [0.15, 0.2) is 142 Å². The van der Waals surface area contributed by atoms with E-state index in [1.165, 1.54) is 54.6 Å². The second-order valence-corrected chi connectivity index (χ2v) is 12.3. The van der Waals surface area contributed by atoms with Crippen molar-refractivity contribution in [1.29, 1.82) is 0 Å². The van der Waals surface area contributed by atoms with Gasteiger partial charge in [0.25, 0.3) is 0 Å². The lowest BCUT2D eigenvalue weighted by molar-refractivity contribution is 0.664. The van der Waals surface area contributed by atoms with E-state index in [2.05, 4.69) is 133 Å². The highest BCUT2D eigenvalue weighted by molar-refractivity contribution is 6.20. The molecule has 0 atom stereocenters. The average Bonchev–Trinajstić information content (AvgIpc) is 3.67. The third-order valence-corrected chi connectivity index (χ3v) is 9.68. The molecule has 9 aromatic rings. The number of benzene rings is 7. The highest BCUT2D eigenvalue weighted by Gasteiger charge is 2.21. The first kappa shape index (κ1) is 25.5. The predicted molar refractivity (Wildman–Crippen MR) is 192 cm³/mol. The molecule has 0 bridgehead atoms. The lowest BCUT2D eigenvalue weighted by Gasteiger charge is -2.18. The molecule has 0 aliphatic heterocycles. The highest BCUT2D eigenvalue weighted by atomic mass is 16.3. The molecule has 0 amide bonds. The van der Waals surface area contributed by atoms with E-state index >= 15 is 0 Å². The molecular formula is C44H28O2. The largest absolute Gasteiger partial charge is 0.456 e. The molecule has 0 spiro atoms. The summed E-state index contributed by atoms with van der Waals surface area (Å²) in [6.07, 6.45) is 6.93. The molecule has 2 heteroatoms. The molecule has 0 saturated heterocycles. The molecule has 7 aromatic carbocycles. The first-order valence-electron chi connectivity index (χ1n) is 16.0. The molecular weight excluding hydrogens is 560 g/mol. The van der Waals surface area contributed by atoms with Crippen molar-refractivity contribution in [2.24, 2.45) is 0 Å². The third-order valence-electron chi connectivity index (χ3n) is 9.68. The number of hydrogen-bond acceptors (Lipinski definition) is 2. The lowest BCUT2D eigenvalue weighted by atomic mass is 9.85. The molecule has 0 fully saturated rings. The van der Waals surface area contributed by atoms with Crippen LogP contribution in [0.3, 0.4) is 0 Å². The molecule has 0 unspecified atom stereocenters. The zero-order valence-corrected chi connectivity index (χ0v) is 25.1. The van der Waals surface area contributed by atoms with Crippen molar-refractivity contribution in [2.75, 3.05) is 0 Å². The molecule has 2 nitrogen and oxygen atoms in total. The Bertz CT molecular complexity index is 2790. The summed E-state index contributed by atoms with van der Waals surface area (Å²) in [6, 6.07) is 47.6. The normalized spacial score (nSPS) is 13.0. The minimum absolute atomic E-state index is 0.879. The van der Waals surface area contributed by atoms with E-state index in [1.54, 1.807) is 0 Å². The van der Waals surface area contributed by atoms with Crippen LogP contribution in [-0.4, -0.2) is 0 Å². The maximum absolute atomic E-state index is 6.59. The van der Waals surface area contributed by atoms with E-state index < -0.39 is 0 Å². The van der Waals surface area contributed by atoms with Crippen LogP contribution in [0.2, 0.25) is 0 Å². The maximum atomic E-state index is 6.59. The van der Waals surface area contributed by atoms with Gasteiger partial charge < -0.3 is 8.83 Å². The first-order chi connectivity index (χ1) is 22.8. The Kier molecular flexibility index (Phi) is 5.44. The third kappa shape index (κ3) is 3.71. The van der Waals surface area contributed by atoms with Gasteiger partial charge in [-0.05, 0) is 97.8 Å². The number of rotatable bonds is 3. The van der Waals surface area contributed by atoms with Gasteiger partial charge in [-0.15, -0.1) is 0 Å². The summed E-state index contributed by atoms with van der Waals surface area (Å²) in [6.45, 7) is 0. The van der Waals surface area contributed by atoms with Crippen LogP contribution in [0.5, 0.6) is 0 Å². The Morgan fingerprint density at radius 3 is 1.80 bits per heavy atom. The summed E-state index contributed by atoms with van der Waals surface area (Å²) in [4.78, 5) is 0. The van der Waals surface area contributed by atoms with Crippen LogP contribution < -0.4 is 10.4 Å². The van der Waals surface area contributed by atoms with Crippen LogP contribution in [0.4, 0.5) is 0 Å². The first-order valence-corrected chi connectivity index (χ1v) is 16.0. The van der Waals surface area contributed by atoms with E-state index in [0.717, 1.165) is 56.7 Å². The van der Waals surface area contributed by atoms with Gasteiger partial charge in [-0.3, -0.25) is 0 Å². The summed E-state index contributed by atoms with van der Waals surface area (Å²) in [7, 11) is 0. The maximum Gasteiger partial charge on any atom is 0.136 e. The van der Waals surface area contributed by atoms with Gasteiger partial charge in [0.15, 0.2) is 0 Å². The van der Waals surface area contributed by atoms with Gasteiger partial charge in [0.05, 0.1) is 0 Å². The van der Waals surface area contributed by atoms with Crippen molar-refractivity contribution in [1.82, 2.24) is 0 Å². The molecule has 10 rings (SSSR count). The Labute approximate surface area is 265 Å². The van der Waals surface area contributed by atoms with Crippen molar-refractivity contribution in [3.63, 3.8) is 0 Å². The van der Waals surface area contributed by atoms with Crippen LogP contribution >= 0.6 is 0 Å². The zero-order valence-electron chi connectivity index (χ0n) is 25.1. The van der Waals surface area contributed by atoms with E-state index in [0.29, 0.717) is 0 Å². The van der Waals surface area contributed by atoms with Crippen LogP contribution in [-0.2, 0) is 0 Å². The molecule has 1 aliphatic rings. The van der Waals surface area contributed by atoms with Crippen molar-refractivity contribution < 1.29 is 8.83 Å². The van der Waals surface area contributed by atoms with E-state index in [1.807, 2.05) is 12.1 Å². The Morgan fingerprint density at radius 1 is 0.370 bits per heavy atom. The molecule has 0 radical (unpaired) electrons. The molecule has 1 aliphatic carbocycles. The Morgan fingerprint density at radius 2 is 0.957 bits per heavy atom. The average molecular weight is 589 g/mol. The van der Waals surface area contributed by atoms with Crippen molar-refractivity contribution in [3.05, 3.63) is 144 Å². The van der Waals surface area contributed by atoms with Crippen molar-refractivity contribution in [3.8, 4) is 33.4 Å². The molecule has 0 N–H and O–H groups in total. The standard InChI is InChI=1S/C44H28O2/c1-2-12-27(13-3-1)28-14-10-15-29(24-28)42-31-17-4-6-19-33(31)43(34-20-7-5-18-32(34)42)35-21-11-23-39-44(35)37-26-40-36(25-41(37)46-39)30-16-8-9-22-38(30)45-40/h1-4,6,8-26H,5,7H2. The van der Waals surface area contributed by atoms with Gasteiger partial charge in [0.1, 0.15) is 22.3 Å². The topological polar surface area (TPSA) is 26.3 Å². The smallest absolute Gasteiger partial charge is 0.136 e. The fraction of sp³-hybridized carbons (Fsp3) is 0.0455. The fourth-order valence-corrected chi connectivity index (χ4v) is 7.70. The van der Waals surface area contributed by atoms with Crippen molar-refractivity contribution in [2.45, 2.75) is 12.8 Å². The van der Waals surface area contributed by atoms with Crippen LogP contribution in [0, 0.1) is 0 Å². The SMILES string of the molecule is C1=c2c(-c3cccc(-c4ccccc4)c3)c3ccccc3c(-c3cccc4oc5cc6c(cc5c34)oc3ccccc36)c2=CCC1. The van der Waals surface area contributed by atoms with Gasteiger partial charge in [0, 0.05) is 21.5 Å². The van der Waals surface area contributed by atoms with Crippen LogP contribution in [0.25, 0.3) is 100 Å². The van der Waals surface area contributed by atoms with Gasteiger partial charge in [-0.25, -0.2) is 0 Å². The summed E-state index contributed by atoms with van der Waals surface area (Å²) < 4.78 is 12.9. The summed E-state index contributed by atoms with van der Waals surface area (Å²) >= 11 is 0. The fourth-order valence-electron chi connectivity index (χ4n) is 7.70. The summed E-state index contributed by atoms with van der Waals surface area (Å²) in [5, 5.41) is 9.52. The lowest BCUT2D eigenvalue weighted by Crippen LogP contribution is -2.31. The minimum atomic E-state index is 0.879. The Hall–Kier alpha value is -5.86. The van der Waals surface area contributed by atoms with Gasteiger partial charge >= 0.3 is 0 Å². The second kappa shape index (κ2) is 9.82. The van der Waals surface area contributed by atoms with E-state index in [9.17, 15) is 0 Å². The summed E-state index contributed by atoms with van der Waals surface area (Å²) in [5.41, 5.74) is 11.0. The Balaban J connectivity index is 1.29. The van der Waals surface area contributed by atoms with Gasteiger partial charge in [0.2, 0.25) is 0 Å². The highest BCUT2D eigenvalue weighted by Crippen LogP contribution is 2.42. The predicted octanol–water partition coefficient (Wildman–Crippen LogP) is 11.0. The molecule has 0 saturated carbocycles. The molecule has 46 heavy (non-hydrogen) atoms. The van der Waals surface area contributed by atoms with E-state index in [-0.39, 0.29) is 0 Å². The molecule has 216 valence electrons. The zero-order chi connectivity index (χ0) is 30.2. The van der Waals surface area contributed by atoms with Crippen LogP contribution in [0.1, 0.15) is 12.8 Å². The minimum Gasteiger partial charge on any atom is -0.456 e.